The van der Waals surface area contributed by atoms with Gasteiger partial charge >= 0.3 is 0 Å². The van der Waals surface area contributed by atoms with Crippen LogP contribution in [0.25, 0.3) is 0 Å². The number of nitrogens with two attached hydrogens (primary N) is 1. The van der Waals surface area contributed by atoms with Gasteiger partial charge in [-0.25, -0.2) is 0 Å². The first-order chi connectivity index (χ1) is 10.1. The lowest BCUT2D eigenvalue weighted by atomic mass is 10.0. The zero-order valence-electron chi connectivity index (χ0n) is 12.4. The molecule has 4 N–H and O–H groups in total. The number of benzene rings is 2. The Kier molecular flexibility index (Phi) is 4.95. The number of nitrogens with zero attached hydrogens (tertiary/aromatic N) is 1. The lowest BCUT2D eigenvalue weighted by molar-refractivity contribution is 0.318. The van der Waals surface area contributed by atoms with Gasteiger partial charge in [-0.15, -0.1) is 0 Å². The molecule has 0 aliphatic heterocycles. The van der Waals surface area contributed by atoms with Crippen LogP contribution in [0.1, 0.15) is 35.2 Å². The summed E-state index contributed by atoms with van der Waals surface area (Å²) in [6.45, 7) is 4.95. The summed E-state index contributed by atoms with van der Waals surface area (Å²) in [5, 5.41) is 15.2. The smallest absolute Gasteiger partial charge is 0.170 e. The van der Waals surface area contributed by atoms with E-state index in [1.807, 2.05) is 43.3 Å². The monoisotopic (exact) mass is 283 g/mol. The van der Waals surface area contributed by atoms with E-state index in [2.05, 4.69) is 29.5 Å². The fourth-order valence-electron chi connectivity index (χ4n) is 2.23. The van der Waals surface area contributed by atoms with Crippen molar-refractivity contribution in [2.75, 3.05) is 0 Å². The molecule has 0 radical (unpaired) electrons. The molecule has 0 amide bonds. The second kappa shape index (κ2) is 6.90. The molecule has 0 saturated carbocycles. The molecule has 0 aromatic heterocycles. The molecule has 0 unspecified atom stereocenters. The summed E-state index contributed by atoms with van der Waals surface area (Å²) in [4.78, 5) is 0. The van der Waals surface area contributed by atoms with Crippen molar-refractivity contribution in [1.82, 2.24) is 5.32 Å². The Morgan fingerprint density at radius 2 is 1.95 bits per heavy atom. The minimum Gasteiger partial charge on any atom is -0.409 e. The third-order valence-electron chi connectivity index (χ3n) is 3.64. The zero-order valence-corrected chi connectivity index (χ0v) is 12.4. The molecule has 0 aliphatic rings. The highest BCUT2D eigenvalue weighted by atomic mass is 16.4. The highest BCUT2D eigenvalue weighted by Gasteiger charge is 2.07. The zero-order chi connectivity index (χ0) is 15.2. The van der Waals surface area contributed by atoms with Gasteiger partial charge in [-0.05, 0) is 36.6 Å². The third-order valence-corrected chi connectivity index (χ3v) is 3.64. The molecule has 0 fully saturated rings. The molecule has 1 atom stereocenters. The van der Waals surface area contributed by atoms with Gasteiger partial charge < -0.3 is 16.3 Å². The largest absolute Gasteiger partial charge is 0.409 e. The fourth-order valence-corrected chi connectivity index (χ4v) is 2.23. The van der Waals surface area contributed by atoms with E-state index in [0.29, 0.717) is 0 Å². The van der Waals surface area contributed by atoms with Crippen molar-refractivity contribution < 1.29 is 5.21 Å². The average molecular weight is 283 g/mol. The van der Waals surface area contributed by atoms with Gasteiger partial charge in [-0.1, -0.05) is 47.6 Å². The van der Waals surface area contributed by atoms with Crippen LogP contribution in [0, 0.1) is 6.92 Å². The molecule has 4 nitrogen and oxygen atoms in total. The Balaban J connectivity index is 2.04. The van der Waals surface area contributed by atoms with Crippen molar-refractivity contribution in [1.29, 1.82) is 0 Å². The minimum atomic E-state index is 0.135. The van der Waals surface area contributed by atoms with Crippen molar-refractivity contribution in [3.8, 4) is 0 Å². The lowest BCUT2D eigenvalue weighted by Gasteiger charge is -2.15. The minimum absolute atomic E-state index is 0.135. The summed E-state index contributed by atoms with van der Waals surface area (Å²) < 4.78 is 0. The Morgan fingerprint density at radius 1 is 1.24 bits per heavy atom. The third kappa shape index (κ3) is 3.83. The van der Waals surface area contributed by atoms with Crippen molar-refractivity contribution in [3.05, 3.63) is 70.8 Å². The SMILES string of the molecule is Cc1cc(/C(N)=N/O)ccc1CN[C@H](C)c1ccccc1. The number of oxime groups is 1. The number of hydrogen-bond donors (Lipinski definition) is 3. The molecular weight excluding hydrogens is 262 g/mol. The summed E-state index contributed by atoms with van der Waals surface area (Å²) in [6.07, 6.45) is 0. The van der Waals surface area contributed by atoms with Crippen LogP contribution in [-0.4, -0.2) is 11.0 Å². The molecule has 0 heterocycles. The standard InChI is InChI=1S/C17H21N3O/c1-12-10-15(17(18)20-21)8-9-16(12)11-19-13(2)14-6-4-3-5-7-14/h3-10,13,19,21H,11H2,1-2H3,(H2,18,20)/t13-/m1/s1. The number of aryl methyl sites for hydroxylation is 1. The first kappa shape index (κ1) is 15.1. The van der Waals surface area contributed by atoms with E-state index in [1.165, 1.54) is 11.1 Å². The van der Waals surface area contributed by atoms with Crippen LogP contribution in [0.4, 0.5) is 0 Å². The maximum absolute atomic E-state index is 8.70. The highest BCUT2D eigenvalue weighted by molar-refractivity contribution is 5.97. The van der Waals surface area contributed by atoms with Crippen molar-refractivity contribution in [2.24, 2.45) is 10.9 Å². The number of rotatable bonds is 5. The molecule has 2 aromatic rings. The van der Waals surface area contributed by atoms with Crippen LogP contribution in [0.2, 0.25) is 0 Å². The second-order valence-electron chi connectivity index (χ2n) is 5.14. The topological polar surface area (TPSA) is 70.6 Å². The lowest BCUT2D eigenvalue weighted by Crippen LogP contribution is -2.19. The summed E-state index contributed by atoms with van der Waals surface area (Å²) in [6, 6.07) is 16.4. The predicted octanol–water partition coefficient (Wildman–Crippen LogP) is 2.94. The van der Waals surface area contributed by atoms with Crippen molar-refractivity contribution in [2.45, 2.75) is 26.4 Å². The van der Waals surface area contributed by atoms with Crippen LogP contribution >= 0.6 is 0 Å². The molecule has 0 saturated heterocycles. The van der Waals surface area contributed by atoms with E-state index in [4.69, 9.17) is 10.9 Å². The number of hydrogen-bond acceptors (Lipinski definition) is 3. The summed E-state index contributed by atoms with van der Waals surface area (Å²) in [7, 11) is 0. The maximum Gasteiger partial charge on any atom is 0.170 e. The Hall–Kier alpha value is -2.33. The van der Waals surface area contributed by atoms with E-state index in [0.717, 1.165) is 17.7 Å². The van der Waals surface area contributed by atoms with Crippen molar-refractivity contribution in [3.63, 3.8) is 0 Å². The van der Waals surface area contributed by atoms with E-state index < -0.39 is 0 Å². The maximum atomic E-state index is 8.70. The highest BCUT2D eigenvalue weighted by Crippen LogP contribution is 2.15. The van der Waals surface area contributed by atoms with Gasteiger partial charge in [0.25, 0.3) is 0 Å². The summed E-state index contributed by atoms with van der Waals surface area (Å²) in [5.41, 5.74) is 9.91. The van der Waals surface area contributed by atoms with Crippen molar-refractivity contribution >= 4 is 5.84 Å². The van der Waals surface area contributed by atoms with Crippen LogP contribution in [0.15, 0.2) is 53.7 Å². The van der Waals surface area contributed by atoms with Gasteiger partial charge in [-0.2, -0.15) is 0 Å². The molecular formula is C17H21N3O. The Morgan fingerprint density at radius 3 is 2.57 bits per heavy atom. The Labute approximate surface area is 125 Å². The first-order valence-electron chi connectivity index (χ1n) is 6.97. The summed E-state index contributed by atoms with van der Waals surface area (Å²) >= 11 is 0. The molecule has 0 bridgehead atoms. The van der Waals surface area contributed by atoms with Gasteiger partial charge in [0.2, 0.25) is 0 Å². The average Bonchev–Trinajstić information content (AvgIpc) is 2.53. The molecule has 21 heavy (non-hydrogen) atoms. The van der Waals surface area contributed by atoms with Crippen LogP contribution in [-0.2, 0) is 6.54 Å². The normalized spacial score (nSPS) is 13.1. The van der Waals surface area contributed by atoms with Gasteiger partial charge in [0.05, 0.1) is 0 Å². The van der Waals surface area contributed by atoms with Crippen LogP contribution in [0.5, 0.6) is 0 Å². The predicted molar refractivity (Wildman–Crippen MR) is 85.4 cm³/mol. The van der Waals surface area contributed by atoms with Gasteiger partial charge in [0.15, 0.2) is 5.84 Å². The first-order valence-corrected chi connectivity index (χ1v) is 6.97. The number of nitrogens with one attached hydrogen (secondary N) is 1. The van der Waals surface area contributed by atoms with E-state index in [1.54, 1.807) is 0 Å². The molecule has 0 aliphatic carbocycles. The Bertz CT molecular complexity index is 623. The second-order valence-corrected chi connectivity index (χ2v) is 5.14. The molecule has 4 heteroatoms. The fraction of sp³-hybridized carbons (Fsp3) is 0.235. The van der Waals surface area contributed by atoms with Crippen LogP contribution < -0.4 is 11.1 Å². The van der Waals surface area contributed by atoms with Crippen LogP contribution in [0.3, 0.4) is 0 Å². The van der Waals surface area contributed by atoms with Gasteiger partial charge in [-0.3, -0.25) is 0 Å². The quantitative estimate of drug-likeness (QED) is 0.342. The molecule has 2 aromatic carbocycles. The molecule has 110 valence electrons. The van der Waals surface area contributed by atoms with E-state index in [-0.39, 0.29) is 11.9 Å². The van der Waals surface area contributed by atoms with Gasteiger partial charge in [0, 0.05) is 18.2 Å². The van der Waals surface area contributed by atoms with E-state index in [9.17, 15) is 0 Å². The van der Waals surface area contributed by atoms with E-state index >= 15 is 0 Å². The summed E-state index contributed by atoms with van der Waals surface area (Å²) in [5.74, 6) is 0.135. The van der Waals surface area contributed by atoms with Gasteiger partial charge in [0.1, 0.15) is 0 Å². The molecule has 2 rings (SSSR count). The molecule has 0 spiro atoms. The number of amidine groups is 1.